The van der Waals surface area contributed by atoms with Crippen LogP contribution < -0.4 is 5.32 Å². The van der Waals surface area contributed by atoms with Crippen LogP contribution in [0.2, 0.25) is 0 Å². The number of hydrogen-bond donors (Lipinski definition) is 1. The first kappa shape index (κ1) is 10.7. The Labute approximate surface area is 93.4 Å². The quantitative estimate of drug-likeness (QED) is 0.850. The monoisotopic (exact) mass is 217 g/mol. The topological polar surface area (TPSA) is 37.8 Å². The maximum Gasteiger partial charge on any atom is 0.123 e. The molecule has 0 spiro atoms. The molecule has 0 atom stereocenters. The molecule has 16 heavy (non-hydrogen) atoms. The van der Waals surface area contributed by atoms with Crippen molar-refractivity contribution in [2.24, 2.45) is 0 Å². The van der Waals surface area contributed by atoms with Crippen LogP contribution in [0.3, 0.4) is 0 Å². The van der Waals surface area contributed by atoms with Crippen LogP contribution >= 0.6 is 0 Å². The molecular formula is C12H12FN3. The van der Waals surface area contributed by atoms with Crippen molar-refractivity contribution < 1.29 is 4.39 Å². The molecule has 4 heteroatoms. The van der Waals surface area contributed by atoms with Crippen molar-refractivity contribution in [2.75, 3.05) is 0 Å². The smallest absolute Gasteiger partial charge is 0.123 e. The second kappa shape index (κ2) is 5.32. The minimum absolute atomic E-state index is 0.207. The lowest BCUT2D eigenvalue weighted by Gasteiger charge is -2.04. The van der Waals surface area contributed by atoms with Gasteiger partial charge in [0.15, 0.2) is 0 Å². The van der Waals surface area contributed by atoms with E-state index in [0.717, 1.165) is 11.3 Å². The molecule has 0 saturated heterocycles. The maximum absolute atomic E-state index is 12.9. The zero-order valence-corrected chi connectivity index (χ0v) is 8.73. The van der Waals surface area contributed by atoms with Crippen molar-refractivity contribution in [1.29, 1.82) is 0 Å². The Morgan fingerprint density at radius 3 is 2.88 bits per heavy atom. The van der Waals surface area contributed by atoms with Gasteiger partial charge in [0.05, 0.1) is 5.69 Å². The fraction of sp³-hybridized carbons (Fsp3) is 0.167. The first-order valence-corrected chi connectivity index (χ1v) is 5.04. The van der Waals surface area contributed by atoms with E-state index in [2.05, 4.69) is 15.3 Å². The molecule has 0 aliphatic heterocycles. The standard InChI is InChI=1S/C12H12FN3/c13-11-3-1-2-10(6-11)7-15-8-12-4-5-14-9-16-12/h1-6,9,15H,7-8H2. The summed E-state index contributed by atoms with van der Waals surface area (Å²) < 4.78 is 12.9. The van der Waals surface area contributed by atoms with Gasteiger partial charge >= 0.3 is 0 Å². The van der Waals surface area contributed by atoms with Gasteiger partial charge in [-0.1, -0.05) is 12.1 Å². The van der Waals surface area contributed by atoms with Crippen LogP contribution in [0, 0.1) is 5.82 Å². The van der Waals surface area contributed by atoms with Crippen LogP contribution in [0.4, 0.5) is 4.39 Å². The molecule has 2 rings (SSSR count). The molecule has 1 aromatic carbocycles. The van der Waals surface area contributed by atoms with E-state index < -0.39 is 0 Å². The highest BCUT2D eigenvalue weighted by atomic mass is 19.1. The molecule has 1 heterocycles. The highest BCUT2D eigenvalue weighted by Crippen LogP contribution is 2.03. The van der Waals surface area contributed by atoms with Crippen molar-refractivity contribution in [3.63, 3.8) is 0 Å². The summed E-state index contributed by atoms with van der Waals surface area (Å²) in [4.78, 5) is 7.91. The number of aromatic nitrogens is 2. The van der Waals surface area contributed by atoms with E-state index in [9.17, 15) is 4.39 Å². The molecule has 0 unspecified atom stereocenters. The van der Waals surface area contributed by atoms with E-state index in [1.54, 1.807) is 12.3 Å². The lowest BCUT2D eigenvalue weighted by Crippen LogP contribution is -2.13. The van der Waals surface area contributed by atoms with Gasteiger partial charge in [-0.3, -0.25) is 0 Å². The normalized spacial score (nSPS) is 10.3. The highest BCUT2D eigenvalue weighted by molar-refractivity contribution is 5.16. The van der Waals surface area contributed by atoms with Crippen LogP contribution in [0.25, 0.3) is 0 Å². The fourth-order valence-corrected chi connectivity index (χ4v) is 1.40. The van der Waals surface area contributed by atoms with E-state index >= 15 is 0 Å². The Hall–Kier alpha value is -1.81. The van der Waals surface area contributed by atoms with Crippen LogP contribution in [0.15, 0.2) is 42.9 Å². The summed E-state index contributed by atoms with van der Waals surface area (Å²) in [5.41, 5.74) is 1.85. The summed E-state index contributed by atoms with van der Waals surface area (Å²) in [6.45, 7) is 1.28. The molecule has 0 radical (unpaired) electrons. The summed E-state index contributed by atoms with van der Waals surface area (Å²) in [5, 5.41) is 3.19. The molecule has 2 aromatic rings. The number of hydrogen-bond acceptors (Lipinski definition) is 3. The van der Waals surface area contributed by atoms with Crippen LogP contribution in [0.1, 0.15) is 11.3 Å². The van der Waals surface area contributed by atoms with Gasteiger partial charge in [0.1, 0.15) is 12.1 Å². The van der Waals surface area contributed by atoms with Crippen molar-refractivity contribution in [3.8, 4) is 0 Å². The highest BCUT2D eigenvalue weighted by Gasteiger charge is 1.96. The number of halogens is 1. The third kappa shape index (κ3) is 3.10. The van der Waals surface area contributed by atoms with Crippen molar-refractivity contribution in [1.82, 2.24) is 15.3 Å². The van der Waals surface area contributed by atoms with Gasteiger partial charge in [0.2, 0.25) is 0 Å². The predicted octanol–water partition coefficient (Wildman–Crippen LogP) is 1.91. The Morgan fingerprint density at radius 2 is 2.12 bits per heavy atom. The molecule has 0 aliphatic rings. The van der Waals surface area contributed by atoms with E-state index in [4.69, 9.17) is 0 Å². The molecular weight excluding hydrogens is 205 g/mol. The van der Waals surface area contributed by atoms with E-state index in [1.165, 1.54) is 18.5 Å². The molecule has 0 aliphatic carbocycles. The second-order valence-electron chi connectivity index (χ2n) is 3.43. The average Bonchev–Trinajstić information content (AvgIpc) is 2.30. The molecule has 1 N–H and O–H groups in total. The number of rotatable bonds is 4. The van der Waals surface area contributed by atoms with Crippen LogP contribution in [-0.2, 0) is 13.1 Å². The van der Waals surface area contributed by atoms with Crippen LogP contribution in [-0.4, -0.2) is 9.97 Å². The minimum Gasteiger partial charge on any atom is -0.307 e. The minimum atomic E-state index is -0.207. The fourth-order valence-electron chi connectivity index (χ4n) is 1.40. The summed E-state index contributed by atoms with van der Waals surface area (Å²) >= 11 is 0. The third-order valence-electron chi connectivity index (χ3n) is 2.17. The molecule has 0 fully saturated rings. The summed E-state index contributed by atoms with van der Waals surface area (Å²) in [6.07, 6.45) is 3.21. The van der Waals surface area contributed by atoms with Crippen molar-refractivity contribution in [2.45, 2.75) is 13.1 Å². The lowest BCUT2D eigenvalue weighted by molar-refractivity contribution is 0.619. The van der Waals surface area contributed by atoms with Gasteiger partial charge in [0, 0.05) is 19.3 Å². The summed E-state index contributed by atoms with van der Waals surface area (Å²) in [5.74, 6) is -0.207. The Morgan fingerprint density at radius 1 is 1.19 bits per heavy atom. The predicted molar refractivity (Wildman–Crippen MR) is 59.0 cm³/mol. The molecule has 0 saturated carbocycles. The molecule has 3 nitrogen and oxygen atoms in total. The van der Waals surface area contributed by atoms with Gasteiger partial charge in [-0.05, 0) is 23.8 Å². The zero-order valence-electron chi connectivity index (χ0n) is 8.73. The van der Waals surface area contributed by atoms with Crippen molar-refractivity contribution >= 4 is 0 Å². The van der Waals surface area contributed by atoms with Crippen molar-refractivity contribution in [3.05, 3.63) is 59.9 Å². The van der Waals surface area contributed by atoms with Gasteiger partial charge < -0.3 is 5.32 Å². The van der Waals surface area contributed by atoms with E-state index in [-0.39, 0.29) is 5.82 Å². The van der Waals surface area contributed by atoms with E-state index in [0.29, 0.717) is 13.1 Å². The van der Waals surface area contributed by atoms with Gasteiger partial charge in [0.25, 0.3) is 0 Å². The Bertz CT molecular complexity index is 445. The first-order chi connectivity index (χ1) is 7.84. The zero-order chi connectivity index (χ0) is 11.2. The van der Waals surface area contributed by atoms with Crippen LogP contribution in [0.5, 0.6) is 0 Å². The Kier molecular flexibility index (Phi) is 3.56. The summed E-state index contributed by atoms with van der Waals surface area (Å²) in [7, 11) is 0. The SMILES string of the molecule is Fc1cccc(CNCc2ccncn2)c1. The third-order valence-corrected chi connectivity index (χ3v) is 2.17. The maximum atomic E-state index is 12.9. The molecule has 0 bridgehead atoms. The number of nitrogens with one attached hydrogen (secondary N) is 1. The first-order valence-electron chi connectivity index (χ1n) is 5.04. The number of nitrogens with zero attached hydrogens (tertiary/aromatic N) is 2. The van der Waals surface area contributed by atoms with E-state index in [1.807, 2.05) is 12.1 Å². The van der Waals surface area contributed by atoms with Gasteiger partial charge in [-0.15, -0.1) is 0 Å². The second-order valence-corrected chi connectivity index (χ2v) is 3.43. The Balaban J connectivity index is 1.85. The molecule has 0 amide bonds. The number of benzene rings is 1. The van der Waals surface area contributed by atoms with Gasteiger partial charge in [-0.25, -0.2) is 14.4 Å². The largest absolute Gasteiger partial charge is 0.307 e. The average molecular weight is 217 g/mol. The molecule has 82 valence electrons. The molecule has 1 aromatic heterocycles. The summed E-state index contributed by atoms with van der Waals surface area (Å²) in [6, 6.07) is 8.40. The van der Waals surface area contributed by atoms with Gasteiger partial charge in [-0.2, -0.15) is 0 Å². The lowest BCUT2D eigenvalue weighted by atomic mass is 10.2.